The lowest BCUT2D eigenvalue weighted by Gasteiger charge is -2.42. The fourth-order valence-corrected chi connectivity index (χ4v) is 7.49. The number of carbonyl (C=O) groups excluding carboxylic acids is 1. The quantitative estimate of drug-likeness (QED) is 0.232. The molecular weight excluding hydrogens is 527 g/mol. The predicted molar refractivity (Wildman–Crippen MR) is 169 cm³/mol. The third kappa shape index (κ3) is 7.48. The van der Waals surface area contributed by atoms with Gasteiger partial charge in [-0.05, 0) is 87.1 Å². The van der Waals surface area contributed by atoms with Gasteiger partial charge in [-0.15, -0.1) is 0 Å². The summed E-state index contributed by atoms with van der Waals surface area (Å²) in [6, 6.07) is 6.58. The zero-order valence-corrected chi connectivity index (χ0v) is 27.2. The maximum absolute atomic E-state index is 14.5. The number of halogens is 1. The number of hydrogen-bond donors (Lipinski definition) is 0. The third-order valence-electron chi connectivity index (χ3n) is 9.43. The van der Waals surface area contributed by atoms with Crippen molar-refractivity contribution in [2.75, 3.05) is 19.9 Å². The third-order valence-corrected chi connectivity index (χ3v) is 9.43. The van der Waals surface area contributed by atoms with Crippen molar-refractivity contribution in [3.8, 4) is 11.5 Å². The average Bonchev–Trinajstić information content (AvgIpc) is 3.54. The number of benzene rings is 1. The number of fused-ring (bicyclic) bond motifs is 1. The van der Waals surface area contributed by atoms with E-state index in [-0.39, 0.29) is 48.0 Å². The Kier molecular flexibility index (Phi) is 10.6. The van der Waals surface area contributed by atoms with Crippen LogP contribution in [0.15, 0.2) is 53.4 Å². The molecule has 2 aliphatic heterocycles. The SMILES string of the molecule is CCCC(CCC)N(C(=O)CN1C[C@H](c2ccc3c(c2)OCO3)C[C@@H]1CC(C)(C)C=C(C)C)C1C=CC(F)=C(C)C1C. The van der Waals surface area contributed by atoms with E-state index in [4.69, 9.17) is 9.47 Å². The van der Waals surface area contributed by atoms with Crippen LogP contribution in [0, 0.1) is 11.3 Å². The summed E-state index contributed by atoms with van der Waals surface area (Å²) in [5.41, 5.74) is 3.31. The smallest absolute Gasteiger partial charge is 0.237 e. The van der Waals surface area contributed by atoms with Crippen molar-refractivity contribution in [3.63, 3.8) is 0 Å². The Labute approximate surface area is 253 Å². The fourth-order valence-electron chi connectivity index (χ4n) is 7.49. The summed E-state index contributed by atoms with van der Waals surface area (Å²) < 4.78 is 25.8. The van der Waals surface area contributed by atoms with E-state index in [2.05, 4.69) is 76.5 Å². The van der Waals surface area contributed by atoms with Gasteiger partial charge in [0.1, 0.15) is 5.83 Å². The second-order valence-corrected chi connectivity index (χ2v) is 13.7. The summed E-state index contributed by atoms with van der Waals surface area (Å²) in [4.78, 5) is 19.1. The number of carbonyl (C=O) groups is 1. The molecule has 2 unspecified atom stereocenters. The second kappa shape index (κ2) is 13.8. The maximum Gasteiger partial charge on any atom is 0.237 e. The zero-order valence-electron chi connectivity index (χ0n) is 27.2. The lowest BCUT2D eigenvalue weighted by molar-refractivity contribution is -0.138. The Balaban J connectivity index is 1.63. The molecule has 1 aromatic carbocycles. The number of nitrogens with zero attached hydrogens (tertiary/aromatic N) is 2. The standard InChI is InChI=1S/C36H53FN2O3/c1-9-11-29(12-10-2)39(32-15-14-31(37)25(5)26(32)6)35(40)22-38-21-28(17-30(38)20-36(7,8)19-24(3)4)27-13-16-33-34(18-27)42-23-41-33/h13-16,18-19,26,28-30,32H,9-12,17,20-23H2,1-8H3/t26?,28-,30-,32?/m1/s1. The van der Waals surface area contributed by atoms with Gasteiger partial charge in [-0.2, -0.15) is 0 Å². The van der Waals surface area contributed by atoms with Crippen LogP contribution in [0.4, 0.5) is 4.39 Å². The molecule has 6 heteroatoms. The first-order chi connectivity index (χ1) is 19.9. The Hall–Kier alpha value is -2.60. The Bertz CT molecular complexity index is 1190. The first kappa shape index (κ1) is 32.3. The molecule has 3 aliphatic rings. The molecule has 1 amide bonds. The van der Waals surface area contributed by atoms with Crippen LogP contribution in [-0.2, 0) is 4.79 Å². The van der Waals surface area contributed by atoms with E-state index in [1.54, 1.807) is 6.08 Å². The Morgan fingerprint density at radius 1 is 1.17 bits per heavy atom. The summed E-state index contributed by atoms with van der Waals surface area (Å²) in [5.74, 6) is 1.86. The van der Waals surface area contributed by atoms with Crippen LogP contribution in [0.1, 0.15) is 105 Å². The minimum absolute atomic E-state index is 0.0152. The summed E-state index contributed by atoms with van der Waals surface area (Å²) in [5, 5.41) is 0. The Morgan fingerprint density at radius 2 is 1.86 bits per heavy atom. The highest BCUT2D eigenvalue weighted by Gasteiger charge is 2.40. The first-order valence-electron chi connectivity index (χ1n) is 16.1. The van der Waals surface area contributed by atoms with Gasteiger partial charge in [-0.1, -0.05) is 71.3 Å². The molecule has 4 rings (SSSR count). The number of allylic oxidation sites excluding steroid dienone is 4. The number of amides is 1. The normalized spacial score (nSPS) is 24.0. The summed E-state index contributed by atoms with van der Waals surface area (Å²) in [6.45, 7) is 18.7. The van der Waals surface area contributed by atoms with Crippen LogP contribution in [0.5, 0.6) is 11.5 Å². The van der Waals surface area contributed by atoms with Crippen LogP contribution in [-0.4, -0.2) is 53.7 Å². The van der Waals surface area contributed by atoms with Crippen LogP contribution in [0.25, 0.3) is 0 Å². The average molecular weight is 581 g/mol. The number of ether oxygens (including phenoxy) is 2. The van der Waals surface area contributed by atoms with Crippen LogP contribution in [0.2, 0.25) is 0 Å². The Morgan fingerprint density at radius 3 is 2.52 bits per heavy atom. The largest absolute Gasteiger partial charge is 0.454 e. The molecule has 1 aliphatic carbocycles. The molecule has 2 heterocycles. The topological polar surface area (TPSA) is 42.0 Å². The van der Waals surface area contributed by atoms with Crippen molar-refractivity contribution in [3.05, 3.63) is 59.0 Å². The summed E-state index contributed by atoms with van der Waals surface area (Å²) >= 11 is 0. The van der Waals surface area contributed by atoms with Crippen molar-refractivity contribution < 1.29 is 18.7 Å². The zero-order chi connectivity index (χ0) is 30.6. The van der Waals surface area contributed by atoms with Gasteiger partial charge in [0.2, 0.25) is 12.7 Å². The number of likely N-dealkylation sites (tertiary alicyclic amines) is 1. The molecule has 1 aromatic rings. The molecule has 0 spiro atoms. The minimum Gasteiger partial charge on any atom is -0.454 e. The molecule has 1 saturated heterocycles. The lowest BCUT2D eigenvalue weighted by atomic mass is 9.82. The van der Waals surface area contributed by atoms with E-state index in [9.17, 15) is 9.18 Å². The van der Waals surface area contributed by atoms with Crippen molar-refractivity contribution in [1.82, 2.24) is 9.80 Å². The first-order valence-corrected chi connectivity index (χ1v) is 16.1. The molecule has 4 atom stereocenters. The molecule has 42 heavy (non-hydrogen) atoms. The van der Waals surface area contributed by atoms with E-state index in [0.29, 0.717) is 12.5 Å². The van der Waals surface area contributed by atoms with Crippen molar-refractivity contribution in [1.29, 1.82) is 0 Å². The molecule has 1 fully saturated rings. The highest BCUT2D eigenvalue weighted by Crippen LogP contribution is 2.42. The van der Waals surface area contributed by atoms with Gasteiger partial charge in [0.15, 0.2) is 11.5 Å². The lowest BCUT2D eigenvalue weighted by Crippen LogP contribution is -2.53. The van der Waals surface area contributed by atoms with Gasteiger partial charge in [0.25, 0.3) is 0 Å². The van der Waals surface area contributed by atoms with Crippen LogP contribution in [0.3, 0.4) is 0 Å². The van der Waals surface area contributed by atoms with E-state index < -0.39 is 0 Å². The molecular formula is C36H53FN2O3. The van der Waals surface area contributed by atoms with Crippen LogP contribution < -0.4 is 9.47 Å². The highest BCUT2D eigenvalue weighted by molar-refractivity contribution is 5.79. The van der Waals surface area contributed by atoms with E-state index in [1.807, 2.05) is 19.1 Å². The van der Waals surface area contributed by atoms with Gasteiger partial charge in [0.05, 0.1) is 12.6 Å². The molecule has 232 valence electrons. The number of rotatable bonds is 12. The maximum atomic E-state index is 14.5. The number of hydrogen-bond acceptors (Lipinski definition) is 4. The summed E-state index contributed by atoms with van der Waals surface area (Å²) in [7, 11) is 0. The van der Waals surface area contributed by atoms with Crippen LogP contribution >= 0.6 is 0 Å². The molecule has 0 saturated carbocycles. The summed E-state index contributed by atoms with van der Waals surface area (Å²) in [6.07, 6.45) is 11.8. The van der Waals surface area contributed by atoms with Gasteiger partial charge >= 0.3 is 0 Å². The van der Waals surface area contributed by atoms with Crippen molar-refractivity contribution in [2.45, 2.75) is 118 Å². The molecule has 0 bridgehead atoms. The molecule has 5 nitrogen and oxygen atoms in total. The van der Waals surface area contributed by atoms with Gasteiger partial charge in [-0.3, -0.25) is 9.69 Å². The monoisotopic (exact) mass is 580 g/mol. The molecule has 0 N–H and O–H groups in total. The van der Waals surface area contributed by atoms with Gasteiger partial charge in [-0.25, -0.2) is 4.39 Å². The van der Waals surface area contributed by atoms with Gasteiger partial charge < -0.3 is 14.4 Å². The second-order valence-electron chi connectivity index (χ2n) is 13.7. The minimum atomic E-state index is -0.165. The van der Waals surface area contributed by atoms with Gasteiger partial charge in [0, 0.05) is 24.5 Å². The molecule has 0 aromatic heterocycles. The van der Waals surface area contributed by atoms with Crippen molar-refractivity contribution in [2.24, 2.45) is 11.3 Å². The fraction of sp³-hybridized carbons (Fsp3) is 0.639. The predicted octanol–water partition coefficient (Wildman–Crippen LogP) is 8.57. The van der Waals surface area contributed by atoms with E-state index in [1.165, 1.54) is 11.1 Å². The van der Waals surface area contributed by atoms with E-state index in [0.717, 1.165) is 62.1 Å². The van der Waals surface area contributed by atoms with E-state index >= 15 is 0 Å². The van der Waals surface area contributed by atoms with Crippen molar-refractivity contribution >= 4 is 5.91 Å². The highest BCUT2D eigenvalue weighted by atomic mass is 19.1. The molecule has 0 radical (unpaired) electrons.